The Morgan fingerprint density at radius 2 is 2.09 bits per heavy atom. The number of halogens is 1. The molecule has 2 aromatic rings. The first-order chi connectivity index (χ1) is 10.4. The second-order valence-corrected chi connectivity index (χ2v) is 5.95. The fourth-order valence-electron chi connectivity index (χ4n) is 2.08. The van der Waals surface area contributed by atoms with Crippen LogP contribution < -0.4 is 11.1 Å². The van der Waals surface area contributed by atoms with E-state index in [1.807, 2.05) is 31.2 Å². The van der Waals surface area contributed by atoms with Crippen molar-refractivity contribution in [2.45, 2.75) is 38.8 Å². The van der Waals surface area contributed by atoms with Crippen LogP contribution in [0.15, 0.2) is 30.6 Å². The van der Waals surface area contributed by atoms with E-state index in [9.17, 15) is 4.79 Å². The van der Waals surface area contributed by atoms with Crippen LogP contribution in [0.3, 0.4) is 0 Å². The van der Waals surface area contributed by atoms with Crippen molar-refractivity contribution in [2.75, 3.05) is 5.32 Å². The standard InChI is InChI=1S/C15H20ClN5O/c1-3-8-15(2,17)13(22)19-14-18-10-21(20-14)9-11-4-6-12(16)7-5-11/h4-7,10H,3,8-9,17H2,1-2H3,(H,19,20,22). The average molecular weight is 322 g/mol. The van der Waals surface area contributed by atoms with E-state index in [-0.39, 0.29) is 11.9 Å². The Hall–Kier alpha value is -1.92. The molecule has 2 rings (SSSR count). The predicted molar refractivity (Wildman–Crippen MR) is 86.7 cm³/mol. The molecular formula is C15H20ClN5O. The van der Waals surface area contributed by atoms with Gasteiger partial charge in [0.2, 0.25) is 11.9 Å². The molecule has 1 unspecified atom stereocenters. The number of carbonyl (C=O) groups is 1. The summed E-state index contributed by atoms with van der Waals surface area (Å²) in [5.74, 6) is -0.0228. The van der Waals surface area contributed by atoms with Gasteiger partial charge in [-0.1, -0.05) is 37.1 Å². The molecule has 1 heterocycles. The minimum absolute atomic E-state index is 0.256. The normalized spacial score (nSPS) is 13.6. The fourth-order valence-corrected chi connectivity index (χ4v) is 2.21. The van der Waals surface area contributed by atoms with E-state index in [4.69, 9.17) is 17.3 Å². The van der Waals surface area contributed by atoms with Gasteiger partial charge >= 0.3 is 0 Å². The molecule has 1 aromatic heterocycles. The van der Waals surface area contributed by atoms with Crippen molar-refractivity contribution in [1.82, 2.24) is 14.8 Å². The number of hydrogen-bond donors (Lipinski definition) is 2. The van der Waals surface area contributed by atoms with Crippen LogP contribution in [0.5, 0.6) is 0 Å². The first-order valence-corrected chi connectivity index (χ1v) is 7.53. The van der Waals surface area contributed by atoms with Crippen LogP contribution in [0.4, 0.5) is 5.95 Å². The van der Waals surface area contributed by atoms with Crippen LogP contribution in [0.1, 0.15) is 32.3 Å². The van der Waals surface area contributed by atoms with Crippen molar-refractivity contribution in [3.63, 3.8) is 0 Å². The van der Waals surface area contributed by atoms with E-state index in [0.29, 0.717) is 18.0 Å². The third-order valence-electron chi connectivity index (χ3n) is 3.31. The van der Waals surface area contributed by atoms with Crippen molar-refractivity contribution in [1.29, 1.82) is 0 Å². The van der Waals surface area contributed by atoms with Crippen LogP contribution in [0, 0.1) is 0 Å². The zero-order valence-electron chi connectivity index (χ0n) is 12.7. The van der Waals surface area contributed by atoms with Gasteiger partial charge in [-0.2, -0.15) is 0 Å². The highest BCUT2D eigenvalue weighted by atomic mass is 35.5. The number of nitrogens with two attached hydrogens (primary N) is 1. The van der Waals surface area contributed by atoms with Crippen LogP contribution >= 0.6 is 11.6 Å². The van der Waals surface area contributed by atoms with Gasteiger partial charge in [0.25, 0.3) is 0 Å². The van der Waals surface area contributed by atoms with E-state index in [0.717, 1.165) is 12.0 Å². The number of hydrogen-bond acceptors (Lipinski definition) is 4. The van der Waals surface area contributed by atoms with Gasteiger partial charge in [-0.3, -0.25) is 10.1 Å². The lowest BCUT2D eigenvalue weighted by Crippen LogP contribution is -2.48. The summed E-state index contributed by atoms with van der Waals surface area (Å²) in [4.78, 5) is 16.2. The Balaban J connectivity index is 1.99. The molecule has 0 radical (unpaired) electrons. The predicted octanol–water partition coefficient (Wildman–Crippen LogP) is 2.44. The Labute approximate surface area is 134 Å². The molecule has 0 spiro atoms. The maximum Gasteiger partial charge on any atom is 0.248 e. The van der Waals surface area contributed by atoms with E-state index in [2.05, 4.69) is 15.4 Å². The van der Waals surface area contributed by atoms with Gasteiger partial charge in [-0.25, -0.2) is 9.67 Å². The number of rotatable bonds is 6. The van der Waals surface area contributed by atoms with Crippen molar-refractivity contribution in [3.8, 4) is 0 Å². The summed E-state index contributed by atoms with van der Waals surface area (Å²) in [5.41, 5.74) is 6.10. The smallest absolute Gasteiger partial charge is 0.248 e. The molecule has 0 fully saturated rings. The second-order valence-electron chi connectivity index (χ2n) is 5.51. The highest BCUT2D eigenvalue weighted by Gasteiger charge is 2.27. The molecule has 0 aliphatic heterocycles. The molecule has 0 aliphatic carbocycles. The molecule has 1 amide bonds. The highest BCUT2D eigenvalue weighted by Crippen LogP contribution is 2.12. The van der Waals surface area contributed by atoms with Crippen LogP contribution in [-0.4, -0.2) is 26.2 Å². The summed E-state index contributed by atoms with van der Waals surface area (Å²) in [6.45, 7) is 4.24. The Kier molecular flexibility index (Phi) is 5.15. The topological polar surface area (TPSA) is 85.8 Å². The molecule has 7 heteroatoms. The zero-order valence-corrected chi connectivity index (χ0v) is 13.5. The Bertz CT molecular complexity index is 636. The number of amides is 1. The van der Waals surface area contributed by atoms with Gasteiger partial charge in [-0.15, -0.1) is 5.10 Å². The molecule has 0 bridgehead atoms. The van der Waals surface area contributed by atoms with Crippen molar-refractivity contribution < 1.29 is 4.79 Å². The molecule has 6 nitrogen and oxygen atoms in total. The summed E-state index contributed by atoms with van der Waals surface area (Å²) < 4.78 is 1.65. The van der Waals surface area contributed by atoms with Gasteiger partial charge in [0.15, 0.2) is 0 Å². The summed E-state index contributed by atoms with van der Waals surface area (Å²) in [5, 5.41) is 7.57. The number of nitrogens with one attached hydrogen (secondary N) is 1. The number of benzene rings is 1. The van der Waals surface area contributed by atoms with Crippen molar-refractivity contribution in [3.05, 3.63) is 41.2 Å². The number of aromatic nitrogens is 3. The molecule has 0 aliphatic rings. The SMILES string of the molecule is CCCC(C)(N)C(=O)Nc1ncn(Cc2ccc(Cl)cc2)n1. The van der Waals surface area contributed by atoms with Crippen LogP contribution in [0.2, 0.25) is 5.02 Å². The van der Waals surface area contributed by atoms with E-state index >= 15 is 0 Å². The Morgan fingerprint density at radius 1 is 1.41 bits per heavy atom. The van der Waals surface area contributed by atoms with Crippen molar-refractivity contribution in [2.24, 2.45) is 5.73 Å². The fraction of sp³-hybridized carbons (Fsp3) is 0.400. The second kappa shape index (κ2) is 6.89. The molecule has 1 aromatic carbocycles. The largest absolute Gasteiger partial charge is 0.318 e. The minimum atomic E-state index is -0.920. The molecule has 3 N–H and O–H groups in total. The quantitative estimate of drug-likeness (QED) is 0.855. The molecule has 1 atom stereocenters. The molecule has 0 saturated carbocycles. The first kappa shape index (κ1) is 16.5. The van der Waals surface area contributed by atoms with Gasteiger partial charge in [0, 0.05) is 5.02 Å². The van der Waals surface area contributed by atoms with E-state index in [1.54, 1.807) is 17.9 Å². The highest BCUT2D eigenvalue weighted by molar-refractivity contribution is 6.30. The zero-order chi connectivity index (χ0) is 16.2. The molecule has 118 valence electrons. The first-order valence-electron chi connectivity index (χ1n) is 7.15. The summed E-state index contributed by atoms with van der Waals surface area (Å²) >= 11 is 5.85. The maximum absolute atomic E-state index is 12.1. The maximum atomic E-state index is 12.1. The van der Waals surface area contributed by atoms with E-state index < -0.39 is 5.54 Å². The average Bonchev–Trinajstić information content (AvgIpc) is 2.88. The lowest BCUT2D eigenvalue weighted by molar-refractivity contribution is -0.120. The van der Waals surface area contributed by atoms with Gasteiger partial charge in [-0.05, 0) is 31.0 Å². The molecule has 0 saturated heterocycles. The lowest BCUT2D eigenvalue weighted by atomic mass is 9.97. The Morgan fingerprint density at radius 3 is 2.73 bits per heavy atom. The van der Waals surface area contributed by atoms with Crippen LogP contribution in [0.25, 0.3) is 0 Å². The van der Waals surface area contributed by atoms with Crippen molar-refractivity contribution >= 4 is 23.5 Å². The third-order valence-corrected chi connectivity index (χ3v) is 3.56. The molecular weight excluding hydrogens is 302 g/mol. The van der Waals surface area contributed by atoms with Gasteiger partial charge in [0.05, 0.1) is 12.1 Å². The van der Waals surface area contributed by atoms with Crippen LogP contribution in [-0.2, 0) is 11.3 Å². The monoisotopic (exact) mass is 321 g/mol. The summed E-state index contributed by atoms with van der Waals surface area (Å²) in [7, 11) is 0. The summed E-state index contributed by atoms with van der Waals surface area (Å²) in [6, 6.07) is 7.48. The number of carbonyl (C=O) groups excluding carboxylic acids is 1. The minimum Gasteiger partial charge on any atom is -0.318 e. The third kappa shape index (κ3) is 4.29. The van der Waals surface area contributed by atoms with Gasteiger partial charge in [0.1, 0.15) is 6.33 Å². The number of anilines is 1. The summed E-state index contributed by atoms with van der Waals surface area (Å²) in [6.07, 6.45) is 3.00. The van der Waals surface area contributed by atoms with E-state index in [1.165, 1.54) is 0 Å². The van der Waals surface area contributed by atoms with Gasteiger partial charge < -0.3 is 5.73 Å². The molecule has 22 heavy (non-hydrogen) atoms. The lowest BCUT2D eigenvalue weighted by Gasteiger charge is -2.21. The number of nitrogens with zero attached hydrogens (tertiary/aromatic N) is 3.